The zero-order chi connectivity index (χ0) is 17.0. The van der Waals surface area contributed by atoms with Crippen LogP contribution in [0, 0.1) is 0 Å². The van der Waals surface area contributed by atoms with Crippen molar-refractivity contribution in [1.82, 2.24) is 0 Å². The molecule has 0 aromatic rings. The van der Waals surface area contributed by atoms with Gasteiger partial charge in [-0.05, 0) is 51.2 Å². The van der Waals surface area contributed by atoms with Crippen LogP contribution in [0.15, 0.2) is 52.2 Å². The number of unbranched alkanes of at least 4 members (excludes halogenated alkanes) is 1. The molecule has 0 heterocycles. The van der Waals surface area contributed by atoms with Gasteiger partial charge in [-0.1, -0.05) is 38.2 Å². The Morgan fingerprint density at radius 3 is 2.09 bits per heavy atom. The van der Waals surface area contributed by atoms with E-state index < -0.39 is 11.7 Å². The molecule has 0 aliphatic rings. The molecule has 0 saturated carbocycles. The number of alkyl halides is 3. The van der Waals surface area contributed by atoms with Crippen molar-refractivity contribution in [3.05, 3.63) is 47.2 Å². The number of hydrogen-bond acceptors (Lipinski definition) is 1. The predicted octanol–water partition coefficient (Wildman–Crippen LogP) is 6.55. The first-order valence-corrected chi connectivity index (χ1v) is 7.67. The van der Waals surface area contributed by atoms with Gasteiger partial charge in [0.1, 0.15) is 0 Å². The average Bonchev–Trinajstić information content (AvgIpc) is 2.47. The fourth-order valence-corrected chi connectivity index (χ4v) is 1.96. The van der Waals surface area contributed by atoms with Crippen molar-refractivity contribution in [2.45, 2.75) is 59.6 Å². The third kappa shape index (κ3) is 8.01. The molecule has 0 N–H and O–H groups in total. The molecule has 0 amide bonds. The Morgan fingerprint density at radius 1 is 1.00 bits per heavy atom. The van der Waals surface area contributed by atoms with Crippen molar-refractivity contribution in [3.63, 3.8) is 0 Å². The zero-order valence-electron chi connectivity index (χ0n) is 13.9. The maximum atomic E-state index is 12.6. The fourth-order valence-electron chi connectivity index (χ4n) is 1.96. The summed E-state index contributed by atoms with van der Waals surface area (Å²) < 4.78 is 37.8. The normalized spacial score (nSPS) is 15.3. The molecule has 0 unspecified atom stereocenters. The summed E-state index contributed by atoms with van der Waals surface area (Å²) >= 11 is 0. The van der Waals surface area contributed by atoms with Gasteiger partial charge in [-0.2, -0.15) is 13.2 Å². The topological polar surface area (TPSA) is 12.4 Å². The van der Waals surface area contributed by atoms with E-state index in [1.54, 1.807) is 6.21 Å². The minimum Gasteiger partial charge on any atom is -0.257 e. The summed E-state index contributed by atoms with van der Waals surface area (Å²) in [5.74, 6) is 0. The van der Waals surface area contributed by atoms with Crippen LogP contribution < -0.4 is 0 Å². The van der Waals surface area contributed by atoms with Crippen LogP contribution in [0.4, 0.5) is 13.2 Å². The lowest BCUT2D eigenvalue weighted by atomic mass is 10.1. The third-order valence-corrected chi connectivity index (χ3v) is 3.17. The van der Waals surface area contributed by atoms with Gasteiger partial charge in [-0.15, -0.1) is 0 Å². The minimum absolute atomic E-state index is 0.0155. The second kappa shape index (κ2) is 11.0. The van der Waals surface area contributed by atoms with Crippen molar-refractivity contribution in [2.75, 3.05) is 0 Å². The van der Waals surface area contributed by atoms with Crippen LogP contribution in [0.3, 0.4) is 0 Å². The largest absolute Gasteiger partial charge is 0.412 e. The van der Waals surface area contributed by atoms with E-state index in [9.17, 15) is 13.2 Å². The average molecular weight is 313 g/mol. The van der Waals surface area contributed by atoms with Crippen LogP contribution in [0.25, 0.3) is 0 Å². The van der Waals surface area contributed by atoms with Crippen molar-refractivity contribution < 1.29 is 13.2 Å². The molecule has 0 radical (unpaired) electrons. The van der Waals surface area contributed by atoms with Gasteiger partial charge in [-0.3, -0.25) is 4.99 Å². The molecule has 0 fully saturated rings. The second-order valence-corrected chi connectivity index (χ2v) is 4.72. The predicted molar refractivity (Wildman–Crippen MR) is 89.1 cm³/mol. The Bertz CT molecular complexity index is 463. The molecule has 0 bridgehead atoms. The summed E-state index contributed by atoms with van der Waals surface area (Å²) in [6.45, 7) is 7.37. The van der Waals surface area contributed by atoms with Crippen molar-refractivity contribution in [3.8, 4) is 0 Å². The van der Waals surface area contributed by atoms with Crippen molar-refractivity contribution in [1.29, 1.82) is 0 Å². The van der Waals surface area contributed by atoms with Crippen LogP contribution in [0.2, 0.25) is 0 Å². The molecule has 0 aliphatic carbocycles. The maximum absolute atomic E-state index is 12.6. The number of nitrogens with zero attached hydrogens (tertiary/aromatic N) is 1. The highest BCUT2D eigenvalue weighted by Crippen LogP contribution is 2.28. The van der Waals surface area contributed by atoms with E-state index in [0.29, 0.717) is 12.8 Å². The number of hydrogen-bond donors (Lipinski definition) is 0. The van der Waals surface area contributed by atoms with E-state index >= 15 is 0 Å². The van der Waals surface area contributed by atoms with Gasteiger partial charge in [0.15, 0.2) is 0 Å². The molecule has 1 nitrogen and oxygen atoms in total. The summed E-state index contributed by atoms with van der Waals surface area (Å²) in [4.78, 5) is 4.36. The molecule has 0 saturated heterocycles. The van der Waals surface area contributed by atoms with E-state index in [1.807, 2.05) is 45.1 Å². The van der Waals surface area contributed by atoms with Crippen molar-refractivity contribution in [2.24, 2.45) is 4.99 Å². The molecule has 0 spiro atoms. The molecule has 4 heteroatoms. The van der Waals surface area contributed by atoms with Gasteiger partial charge in [0, 0.05) is 11.8 Å². The molecule has 0 rings (SSSR count). The van der Waals surface area contributed by atoms with Gasteiger partial charge in [0.25, 0.3) is 0 Å². The molecular weight excluding hydrogens is 287 g/mol. The van der Waals surface area contributed by atoms with Crippen molar-refractivity contribution >= 4 is 6.21 Å². The first-order chi connectivity index (χ1) is 10.4. The van der Waals surface area contributed by atoms with Gasteiger partial charge < -0.3 is 0 Å². The first kappa shape index (κ1) is 20.4. The summed E-state index contributed by atoms with van der Waals surface area (Å²) in [5, 5.41) is 0. The van der Waals surface area contributed by atoms with Gasteiger partial charge in [-0.25, -0.2) is 0 Å². The SMILES string of the molecule is C\C=C/C=N/C(=C\C)C(=C/CCC=C(CC)C(F)(F)F)/CC. The first-order valence-electron chi connectivity index (χ1n) is 7.67. The Kier molecular flexibility index (Phi) is 10.3. The summed E-state index contributed by atoms with van der Waals surface area (Å²) in [5.41, 5.74) is 1.48. The number of rotatable bonds is 8. The highest BCUT2D eigenvalue weighted by molar-refractivity contribution is 5.72. The lowest BCUT2D eigenvalue weighted by Gasteiger charge is -2.09. The highest BCUT2D eigenvalue weighted by atomic mass is 19.4. The summed E-state index contributed by atoms with van der Waals surface area (Å²) in [6.07, 6.45) is 8.22. The Hall–Kier alpha value is -1.58. The quantitative estimate of drug-likeness (QED) is 0.208. The van der Waals surface area contributed by atoms with Crippen LogP contribution in [0.5, 0.6) is 0 Å². The van der Waals surface area contributed by atoms with Crippen LogP contribution in [-0.4, -0.2) is 12.4 Å². The Morgan fingerprint density at radius 2 is 1.64 bits per heavy atom. The van der Waals surface area contributed by atoms with Gasteiger partial charge in [0.2, 0.25) is 0 Å². The summed E-state index contributed by atoms with van der Waals surface area (Å²) in [7, 11) is 0. The molecular formula is C18H26F3N. The second-order valence-electron chi connectivity index (χ2n) is 4.72. The van der Waals surface area contributed by atoms with Crippen LogP contribution >= 0.6 is 0 Å². The lowest BCUT2D eigenvalue weighted by Crippen LogP contribution is -2.10. The number of allylic oxidation sites excluding steroid dienone is 7. The highest BCUT2D eigenvalue weighted by Gasteiger charge is 2.31. The molecule has 22 heavy (non-hydrogen) atoms. The van der Waals surface area contributed by atoms with E-state index in [1.165, 1.54) is 13.0 Å². The van der Waals surface area contributed by atoms with Gasteiger partial charge in [0.05, 0.1) is 5.70 Å². The van der Waals surface area contributed by atoms with E-state index in [4.69, 9.17) is 0 Å². The monoisotopic (exact) mass is 313 g/mol. The molecule has 124 valence electrons. The number of halogens is 3. The third-order valence-electron chi connectivity index (χ3n) is 3.17. The van der Waals surface area contributed by atoms with Crippen LogP contribution in [0.1, 0.15) is 53.4 Å². The Balaban J connectivity index is 4.84. The minimum atomic E-state index is -4.21. The summed E-state index contributed by atoms with van der Waals surface area (Å²) in [6, 6.07) is 0. The van der Waals surface area contributed by atoms with Gasteiger partial charge >= 0.3 is 6.18 Å². The van der Waals surface area contributed by atoms with Crippen LogP contribution in [-0.2, 0) is 0 Å². The molecule has 0 atom stereocenters. The fraction of sp³-hybridized carbons (Fsp3) is 0.500. The Labute approximate surface area is 132 Å². The zero-order valence-corrected chi connectivity index (χ0v) is 13.9. The molecule has 0 aromatic heterocycles. The smallest absolute Gasteiger partial charge is 0.257 e. The standard InChI is InChI=1S/C18H26F3N/c1-5-9-14-22-17(8-4)15(6-2)12-10-11-13-16(7-3)18(19,20)21/h5,8-9,12-14H,6-7,10-11H2,1-4H3/b9-5-,15-12+,16-13?,17-8-,22-14+. The lowest BCUT2D eigenvalue weighted by molar-refractivity contribution is -0.0937. The van der Waals surface area contributed by atoms with E-state index in [2.05, 4.69) is 4.99 Å². The van der Waals surface area contributed by atoms with E-state index in [-0.39, 0.29) is 6.42 Å². The molecule has 0 aromatic carbocycles. The number of aliphatic imine (C=N–C) groups is 1. The molecule has 0 aliphatic heterocycles. The van der Waals surface area contributed by atoms with E-state index in [0.717, 1.165) is 17.7 Å². The maximum Gasteiger partial charge on any atom is 0.412 e.